The van der Waals surface area contributed by atoms with E-state index in [0.29, 0.717) is 6.04 Å². The minimum Gasteiger partial charge on any atom is -0.312 e. The molecule has 2 heterocycles. The number of H-pyrrole nitrogens is 1. The Morgan fingerprint density at radius 3 is 2.78 bits per heavy atom. The largest absolute Gasteiger partial charge is 0.312 e. The zero-order valence-corrected chi connectivity index (χ0v) is 12.1. The van der Waals surface area contributed by atoms with E-state index in [9.17, 15) is 0 Å². The zero-order valence-electron chi connectivity index (χ0n) is 12.1. The minimum atomic E-state index is 0.688. The first kappa shape index (κ1) is 13.6. The van der Waals surface area contributed by atoms with Gasteiger partial charge in [-0.15, -0.1) is 0 Å². The van der Waals surface area contributed by atoms with Crippen LogP contribution in [0.4, 0.5) is 0 Å². The molecule has 1 aliphatic rings. The molecule has 4 nitrogen and oxygen atoms in total. The van der Waals surface area contributed by atoms with E-state index in [-0.39, 0.29) is 0 Å². The molecule has 1 aromatic rings. The van der Waals surface area contributed by atoms with Gasteiger partial charge in [-0.3, -0.25) is 5.10 Å². The molecule has 1 aliphatic heterocycles. The van der Waals surface area contributed by atoms with Crippen molar-refractivity contribution in [3.8, 4) is 0 Å². The lowest BCUT2D eigenvalue weighted by Gasteiger charge is -2.20. The van der Waals surface area contributed by atoms with Crippen LogP contribution in [0.5, 0.6) is 0 Å². The maximum atomic E-state index is 4.23. The van der Waals surface area contributed by atoms with Gasteiger partial charge < -0.3 is 10.2 Å². The second kappa shape index (κ2) is 5.85. The highest BCUT2D eigenvalue weighted by atomic mass is 15.2. The summed E-state index contributed by atoms with van der Waals surface area (Å²) in [6.07, 6.45) is 1.33. The summed E-state index contributed by atoms with van der Waals surface area (Å²) in [5.74, 6) is 0.805. The molecule has 2 N–H and O–H groups in total. The zero-order chi connectivity index (χ0) is 13.1. The van der Waals surface area contributed by atoms with Crippen LogP contribution in [0.1, 0.15) is 37.2 Å². The number of aryl methyl sites for hydroxylation is 2. The molecule has 0 saturated carbocycles. The van der Waals surface area contributed by atoms with Crippen LogP contribution in [0.15, 0.2) is 0 Å². The molecule has 0 aromatic carbocycles. The van der Waals surface area contributed by atoms with Gasteiger partial charge in [0.25, 0.3) is 0 Å². The van der Waals surface area contributed by atoms with Gasteiger partial charge in [-0.25, -0.2) is 0 Å². The van der Waals surface area contributed by atoms with Crippen LogP contribution in [0.25, 0.3) is 0 Å². The molecule has 0 bridgehead atoms. The topological polar surface area (TPSA) is 44.0 Å². The van der Waals surface area contributed by atoms with Crippen LogP contribution < -0.4 is 5.32 Å². The van der Waals surface area contributed by atoms with E-state index < -0.39 is 0 Å². The van der Waals surface area contributed by atoms with E-state index in [1.54, 1.807) is 0 Å². The first-order valence-corrected chi connectivity index (χ1v) is 7.03. The lowest BCUT2D eigenvalue weighted by Crippen LogP contribution is -2.30. The molecule has 2 rings (SSSR count). The average Bonchev–Trinajstić information content (AvgIpc) is 2.90. The third-order valence-corrected chi connectivity index (χ3v) is 4.06. The van der Waals surface area contributed by atoms with Gasteiger partial charge in [-0.05, 0) is 53.1 Å². The fourth-order valence-corrected chi connectivity index (χ4v) is 2.73. The van der Waals surface area contributed by atoms with Crippen LogP contribution in [-0.2, 0) is 6.54 Å². The highest BCUT2D eigenvalue weighted by Gasteiger charge is 2.23. The summed E-state index contributed by atoms with van der Waals surface area (Å²) < 4.78 is 0. The van der Waals surface area contributed by atoms with E-state index in [2.05, 4.69) is 48.1 Å². The van der Waals surface area contributed by atoms with Crippen molar-refractivity contribution in [1.82, 2.24) is 20.4 Å². The van der Waals surface area contributed by atoms with Crippen molar-refractivity contribution < 1.29 is 0 Å². The number of hydrogen-bond acceptors (Lipinski definition) is 3. The van der Waals surface area contributed by atoms with E-state index in [1.807, 2.05) is 0 Å². The molecule has 0 aliphatic carbocycles. The van der Waals surface area contributed by atoms with Gasteiger partial charge in [0.1, 0.15) is 0 Å². The first-order chi connectivity index (χ1) is 8.58. The quantitative estimate of drug-likeness (QED) is 0.838. The van der Waals surface area contributed by atoms with Crippen LogP contribution in [0, 0.1) is 19.8 Å². The number of aromatic nitrogens is 2. The number of nitrogens with one attached hydrogen (secondary N) is 2. The van der Waals surface area contributed by atoms with Crippen LogP contribution >= 0.6 is 0 Å². The molecule has 0 radical (unpaired) electrons. The summed E-state index contributed by atoms with van der Waals surface area (Å²) in [6, 6.07) is 0.688. The molecular formula is C14H26N4. The Hall–Kier alpha value is -0.870. The normalized spacial score (nSPS) is 21.1. The van der Waals surface area contributed by atoms with Gasteiger partial charge in [0.15, 0.2) is 0 Å². The van der Waals surface area contributed by atoms with Crippen molar-refractivity contribution in [2.45, 2.75) is 46.7 Å². The molecule has 1 aromatic heterocycles. The molecule has 102 valence electrons. The van der Waals surface area contributed by atoms with Gasteiger partial charge >= 0.3 is 0 Å². The molecule has 4 heteroatoms. The van der Waals surface area contributed by atoms with Crippen LogP contribution in [0.3, 0.4) is 0 Å². The Labute approximate surface area is 110 Å². The lowest BCUT2D eigenvalue weighted by atomic mass is 10.1. The molecule has 1 saturated heterocycles. The van der Waals surface area contributed by atoms with Crippen molar-refractivity contribution in [2.24, 2.45) is 5.92 Å². The minimum absolute atomic E-state index is 0.688. The third-order valence-electron chi connectivity index (χ3n) is 4.06. The summed E-state index contributed by atoms with van der Waals surface area (Å²) in [7, 11) is 0. The fourth-order valence-electron chi connectivity index (χ4n) is 2.73. The predicted molar refractivity (Wildman–Crippen MR) is 74.6 cm³/mol. The Morgan fingerprint density at radius 1 is 1.44 bits per heavy atom. The number of nitrogens with zero attached hydrogens (tertiary/aromatic N) is 2. The van der Waals surface area contributed by atoms with Gasteiger partial charge in [0, 0.05) is 30.4 Å². The van der Waals surface area contributed by atoms with Crippen LogP contribution in [-0.4, -0.2) is 40.8 Å². The molecule has 1 atom stereocenters. The summed E-state index contributed by atoms with van der Waals surface area (Å²) in [4.78, 5) is 2.57. The number of hydrogen-bond donors (Lipinski definition) is 2. The molecule has 18 heavy (non-hydrogen) atoms. The van der Waals surface area contributed by atoms with E-state index in [1.165, 1.54) is 30.8 Å². The smallest absolute Gasteiger partial charge is 0.0638 e. The molecule has 1 fully saturated rings. The Morgan fingerprint density at radius 2 is 2.22 bits per heavy atom. The number of likely N-dealkylation sites (tertiary alicyclic amines) is 1. The summed E-state index contributed by atoms with van der Waals surface area (Å²) in [6.45, 7) is 13.3. The van der Waals surface area contributed by atoms with Crippen LogP contribution in [0.2, 0.25) is 0 Å². The maximum Gasteiger partial charge on any atom is 0.0638 e. The van der Waals surface area contributed by atoms with E-state index >= 15 is 0 Å². The average molecular weight is 250 g/mol. The van der Waals surface area contributed by atoms with Crippen molar-refractivity contribution in [3.63, 3.8) is 0 Å². The summed E-state index contributed by atoms with van der Waals surface area (Å²) in [5, 5.41) is 10.9. The monoisotopic (exact) mass is 250 g/mol. The van der Waals surface area contributed by atoms with Crippen molar-refractivity contribution in [1.29, 1.82) is 0 Å². The second-order valence-electron chi connectivity index (χ2n) is 5.79. The Bertz CT molecular complexity index is 364. The Balaban J connectivity index is 1.74. The fraction of sp³-hybridized carbons (Fsp3) is 0.786. The summed E-state index contributed by atoms with van der Waals surface area (Å²) in [5.41, 5.74) is 3.64. The van der Waals surface area contributed by atoms with Crippen molar-refractivity contribution in [2.75, 3.05) is 19.6 Å². The SMILES string of the molecule is Cc1n[nH]c(C)c1CNCC1CCN(C(C)C)C1. The van der Waals surface area contributed by atoms with Gasteiger partial charge in [0.05, 0.1) is 5.69 Å². The number of rotatable bonds is 5. The first-order valence-electron chi connectivity index (χ1n) is 7.03. The lowest BCUT2D eigenvalue weighted by molar-refractivity contribution is 0.264. The molecular weight excluding hydrogens is 224 g/mol. The highest BCUT2D eigenvalue weighted by Crippen LogP contribution is 2.18. The van der Waals surface area contributed by atoms with Gasteiger partial charge in [0.2, 0.25) is 0 Å². The molecule has 0 amide bonds. The van der Waals surface area contributed by atoms with Gasteiger partial charge in [-0.1, -0.05) is 0 Å². The number of aromatic amines is 1. The highest BCUT2D eigenvalue weighted by molar-refractivity contribution is 5.22. The summed E-state index contributed by atoms with van der Waals surface area (Å²) >= 11 is 0. The Kier molecular flexibility index (Phi) is 4.40. The van der Waals surface area contributed by atoms with Gasteiger partial charge in [-0.2, -0.15) is 5.10 Å². The van der Waals surface area contributed by atoms with E-state index in [4.69, 9.17) is 0 Å². The van der Waals surface area contributed by atoms with Crippen molar-refractivity contribution >= 4 is 0 Å². The third kappa shape index (κ3) is 3.12. The second-order valence-corrected chi connectivity index (χ2v) is 5.79. The van der Waals surface area contributed by atoms with Crippen molar-refractivity contribution in [3.05, 3.63) is 17.0 Å². The standard InChI is InChI=1S/C14H26N4/c1-10(2)18-6-5-13(9-18)7-15-8-14-11(3)16-17-12(14)4/h10,13,15H,5-9H2,1-4H3,(H,16,17). The maximum absolute atomic E-state index is 4.23. The molecule has 1 unspecified atom stereocenters. The predicted octanol–water partition coefficient (Wildman–Crippen LogP) is 1.85. The molecule has 0 spiro atoms. The van der Waals surface area contributed by atoms with E-state index in [0.717, 1.165) is 24.7 Å².